The fourth-order valence-electron chi connectivity index (χ4n) is 1.95. The second-order valence-corrected chi connectivity index (χ2v) is 4.67. The summed E-state index contributed by atoms with van der Waals surface area (Å²) in [6, 6.07) is 0. The van der Waals surface area contributed by atoms with E-state index in [0.717, 1.165) is 6.42 Å². The monoisotopic (exact) mass is 214 g/mol. The number of hydrogen-bond acceptors (Lipinski definition) is 3. The molecule has 3 nitrogen and oxygen atoms in total. The van der Waals surface area contributed by atoms with E-state index in [1.54, 1.807) is 7.11 Å². The van der Waals surface area contributed by atoms with Crippen molar-refractivity contribution >= 4 is 5.78 Å². The lowest BCUT2D eigenvalue weighted by Crippen LogP contribution is -2.45. The van der Waals surface area contributed by atoms with Gasteiger partial charge in [-0.1, -0.05) is 13.8 Å². The average molecular weight is 214 g/mol. The predicted molar refractivity (Wildman–Crippen MR) is 58.9 cm³/mol. The molecule has 1 aliphatic rings. The Labute approximate surface area is 92.1 Å². The highest BCUT2D eigenvalue weighted by atomic mass is 16.5. The third-order valence-corrected chi connectivity index (χ3v) is 3.15. The van der Waals surface area contributed by atoms with E-state index in [9.17, 15) is 4.79 Å². The lowest BCUT2D eigenvalue weighted by atomic mass is 9.86. The van der Waals surface area contributed by atoms with Gasteiger partial charge in [-0.3, -0.25) is 4.79 Å². The number of ketones is 1. The highest BCUT2D eigenvalue weighted by Crippen LogP contribution is 2.27. The summed E-state index contributed by atoms with van der Waals surface area (Å²) in [6.07, 6.45) is 3.00. The second kappa shape index (κ2) is 5.61. The molecule has 0 spiro atoms. The Morgan fingerprint density at radius 2 is 2.00 bits per heavy atom. The van der Waals surface area contributed by atoms with Crippen molar-refractivity contribution in [1.29, 1.82) is 0 Å². The topological polar surface area (TPSA) is 35.5 Å². The minimum absolute atomic E-state index is 0.252. The van der Waals surface area contributed by atoms with E-state index in [1.165, 1.54) is 0 Å². The zero-order valence-electron chi connectivity index (χ0n) is 10.0. The third kappa shape index (κ3) is 3.28. The van der Waals surface area contributed by atoms with Gasteiger partial charge in [-0.05, 0) is 12.3 Å². The predicted octanol–water partition coefficient (Wildman–Crippen LogP) is 2.19. The van der Waals surface area contributed by atoms with Crippen LogP contribution in [-0.4, -0.2) is 31.7 Å². The Morgan fingerprint density at radius 3 is 2.47 bits per heavy atom. The van der Waals surface area contributed by atoms with Crippen LogP contribution in [0.4, 0.5) is 0 Å². The molecule has 1 fully saturated rings. The first kappa shape index (κ1) is 12.7. The number of hydrogen-bond donors (Lipinski definition) is 0. The van der Waals surface area contributed by atoms with E-state index in [4.69, 9.17) is 9.47 Å². The molecule has 3 heteroatoms. The van der Waals surface area contributed by atoms with Crippen LogP contribution in [0.1, 0.15) is 39.5 Å². The van der Waals surface area contributed by atoms with Gasteiger partial charge in [0, 0.05) is 39.6 Å². The van der Waals surface area contributed by atoms with Gasteiger partial charge in [0.15, 0.2) is 5.78 Å². The van der Waals surface area contributed by atoms with Crippen LogP contribution >= 0.6 is 0 Å². The van der Waals surface area contributed by atoms with Crippen LogP contribution in [0.25, 0.3) is 0 Å². The van der Waals surface area contributed by atoms with Crippen molar-refractivity contribution in [2.75, 3.05) is 20.3 Å². The molecule has 0 aromatic heterocycles. The summed E-state index contributed by atoms with van der Waals surface area (Å²) >= 11 is 0. The van der Waals surface area contributed by atoms with Gasteiger partial charge in [-0.2, -0.15) is 0 Å². The Balaban J connectivity index is 2.52. The number of Topliss-reactive ketones (excluding diaryl/α,β-unsaturated/α-hetero) is 1. The molecule has 1 aliphatic heterocycles. The van der Waals surface area contributed by atoms with Gasteiger partial charge >= 0.3 is 0 Å². The number of methoxy groups -OCH3 is 1. The highest BCUT2D eigenvalue weighted by Gasteiger charge is 2.39. The van der Waals surface area contributed by atoms with Crippen LogP contribution < -0.4 is 0 Å². The molecule has 1 rings (SSSR count). The second-order valence-electron chi connectivity index (χ2n) is 4.67. The first-order chi connectivity index (χ1) is 7.10. The summed E-state index contributed by atoms with van der Waals surface area (Å²) < 4.78 is 10.7. The minimum Gasteiger partial charge on any atom is -0.381 e. The largest absolute Gasteiger partial charge is 0.381 e. The van der Waals surface area contributed by atoms with Crippen LogP contribution in [0.5, 0.6) is 0 Å². The van der Waals surface area contributed by atoms with Crippen molar-refractivity contribution in [2.24, 2.45) is 5.92 Å². The maximum Gasteiger partial charge on any atom is 0.164 e. The number of carbonyl (C=O) groups is 1. The first-order valence-electron chi connectivity index (χ1n) is 5.77. The lowest BCUT2D eigenvalue weighted by Gasteiger charge is -2.34. The molecule has 0 unspecified atom stereocenters. The molecule has 0 saturated carbocycles. The fraction of sp³-hybridized carbons (Fsp3) is 0.917. The zero-order chi connectivity index (χ0) is 11.3. The molecular formula is C12H22O3. The Kier molecular flexibility index (Phi) is 4.74. The summed E-state index contributed by atoms with van der Waals surface area (Å²) in [5, 5.41) is 0. The minimum atomic E-state index is -0.548. The quantitative estimate of drug-likeness (QED) is 0.703. The van der Waals surface area contributed by atoms with E-state index in [2.05, 4.69) is 13.8 Å². The van der Waals surface area contributed by atoms with Gasteiger partial charge < -0.3 is 9.47 Å². The van der Waals surface area contributed by atoms with E-state index in [1.807, 2.05) is 0 Å². The molecule has 0 N–H and O–H groups in total. The molecule has 0 atom stereocenters. The Hall–Kier alpha value is -0.410. The maximum absolute atomic E-state index is 12.1. The van der Waals surface area contributed by atoms with Crippen LogP contribution in [0, 0.1) is 5.92 Å². The molecule has 15 heavy (non-hydrogen) atoms. The summed E-state index contributed by atoms with van der Waals surface area (Å²) in [6.45, 7) is 5.55. The molecule has 0 amide bonds. The molecule has 0 aliphatic carbocycles. The Bertz CT molecular complexity index is 205. The zero-order valence-corrected chi connectivity index (χ0v) is 10.0. The van der Waals surface area contributed by atoms with Gasteiger partial charge in [0.25, 0.3) is 0 Å². The van der Waals surface area contributed by atoms with Crippen molar-refractivity contribution in [1.82, 2.24) is 0 Å². The molecular weight excluding hydrogens is 192 g/mol. The van der Waals surface area contributed by atoms with E-state index < -0.39 is 5.60 Å². The highest BCUT2D eigenvalue weighted by molar-refractivity contribution is 5.87. The number of carbonyl (C=O) groups excluding carboxylic acids is 1. The van der Waals surface area contributed by atoms with Gasteiger partial charge in [0.1, 0.15) is 5.60 Å². The molecule has 88 valence electrons. The summed E-state index contributed by atoms with van der Waals surface area (Å²) in [5.74, 6) is 0.824. The molecule has 0 radical (unpaired) electrons. The molecule has 1 saturated heterocycles. The van der Waals surface area contributed by atoms with E-state index in [-0.39, 0.29) is 5.78 Å². The van der Waals surface area contributed by atoms with Crippen LogP contribution in [-0.2, 0) is 14.3 Å². The smallest absolute Gasteiger partial charge is 0.164 e. The molecule has 1 heterocycles. The first-order valence-corrected chi connectivity index (χ1v) is 5.77. The SMILES string of the molecule is COC1(C(=O)CCC(C)C)CCOCC1. The summed E-state index contributed by atoms with van der Waals surface area (Å²) in [7, 11) is 1.64. The van der Waals surface area contributed by atoms with E-state index in [0.29, 0.717) is 38.4 Å². The fourth-order valence-corrected chi connectivity index (χ4v) is 1.95. The van der Waals surface area contributed by atoms with Gasteiger partial charge in [0.2, 0.25) is 0 Å². The third-order valence-electron chi connectivity index (χ3n) is 3.15. The number of rotatable bonds is 5. The average Bonchev–Trinajstić information content (AvgIpc) is 2.26. The number of ether oxygens (including phenoxy) is 2. The normalized spacial score (nSPS) is 20.5. The maximum atomic E-state index is 12.1. The van der Waals surface area contributed by atoms with Crippen molar-refractivity contribution in [3.63, 3.8) is 0 Å². The van der Waals surface area contributed by atoms with Crippen molar-refractivity contribution in [3.05, 3.63) is 0 Å². The van der Waals surface area contributed by atoms with Gasteiger partial charge in [-0.15, -0.1) is 0 Å². The van der Waals surface area contributed by atoms with Gasteiger partial charge in [-0.25, -0.2) is 0 Å². The van der Waals surface area contributed by atoms with Crippen molar-refractivity contribution < 1.29 is 14.3 Å². The molecule has 0 bridgehead atoms. The molecule has 0 aromatic carbocycles. The standard InChI is InChI=1S/C12H22O3/c1-10(2)4-5-11(13)12(14-3)6-8-15-9-7-12/h10H,4-9H2,1-3H3. The van der Waals surface area contributed by atoms with Crippen LogP contribution in [0.2, 0.25) is 0 Å². The van der Waals surface area contributed by atoms with Gasteiger partial charge in [0.05, 0.1) is 0 Å². The van der Waals surface area contributed by atoms with Crippen LogP contribution in [0.3, 0.4) is 0 Å². The lowest BCUT2D eigenvalue weighted by molar-refractivity contribution is -0.152. The van der Waals surface area contributed by atoms with E-state index >= 15 is 0 Å². The van der Waals surface area contributed by atoms with Crippen molar-refractivity contribution in [2.45, 2.75) is 45.1 Å². The summed E-state index contributed by atoms with van der Waals surface area (Å²) in [5.41, 5.74) is -0.548. The Morgan fingerprint density at radius 1 is 1.40 bits per heavy atom. The summed E-state index contributed by atoms with van der Waals surface area (Å²) in [4.78, 5) is 12.1. The van der Waals surface area contributed by atoms with Crippen molar-refractivity contribution in [3.8, 4) is 0 Å². The van der Waals surface area contributed by atoms with Crippen LogP contribution in [0.15, 0.2) is 0 Å². The molecule has 0 aromatic rings.